The highest BCUT2D eigenvalue weighted by molar-refractivity contribution is 7.89. The van der Waals surface area contributed by atoms with Crippen LogP contribution in [-0.4, -0.2) is 45.5 Å². The van der Waals surface area contributed by atoms with Crippen LogP contribution in [0.3, 0.4) is 0 Å². The zero-order valence-corrected chi connectivity index (χ0v) is 15.8. The molecule has 1 fully saturated rings. The van der Waals surface area contributed by atoms with E-state index in [-0.39, 0.29) is 4.90 Å². The molecule has 0 amide bonds. The van der Waals surface area contributed by atoms with Crippen LogP contribution >= 0.6 is 0 Å². The lowest BCUT2D eigenvalue weighted by atomic mass is 10.2. The maximum absolute atomic E-state index is 12.7. The first-order valence-corrected chi connectivity index (χ1v) is 10.3. The van der Waals surface area contributed by atoms with Crippen LogP contribution in [0.2, 0.25) is 0 Å². The van der Waals surface area contributed by atoms with E-state index < -0.39 is 10.0 Å². The number of ether oxygens (including phenoxy) is 1. The predicted molar refractivity (Wildman–Crippen MR) is 104 cm³/mol. The van der Waals surface area contributed by atoms with E-state index in [1.165, 1.54) is 4.31 Å². The summed E-state index contributed by atoms with van der Waals surface area (Å²) >= 11 is 0. The molecule has 0 spiro atoms. The zero-order valence-electron chi connectivity index (χ0n) is 15.0. The van der Waals surface area contributed by atoms with Gasteiger partial charge in [-0.2, -0.15) is 4.31 Å². The van der Waals surface area contributed by atoms with Crippen molar-refractivity contribution in [2.24, 2.45) is 0 Å². The molecule has 0 unspecified atom stereocenters. The summed E-state index contributed by atoms with van der Waals surface area (Å²) in [4.78, 5) is 2.48. The molecule has 1 saturated heterocycles. The van der Waals surface area contributed by atoms with E-state index in [9.17, 15) is 8.42 Å². The summed E-state index contributed by atoms with van der Waals surface area (Å²) in [5, 5.41) is 0. The molecule has 3 rings (SSSR count). The van der Waals surface area contributed by atoms with E-state index >= 15 is 0 Å². The van der Waals surface area contributed by atoms with E-state index in [1.54, 1.807) is 24.3 Å². The number of hydrogen-bond acceptors (Lipinski definition) is 5. The third-order valence-corrected chi connectivity index (χ3v) is 6.34. The Hall–Kier alpha value is -2.25. The summed E-state index contributed by atoms with van der Waals surface area (Å²) < 4.78 is 32.6. The lowest BCUT2D eigenvalue weighted by molar-refractivity contribution is 0.317. The van der Waals surface area contributed by atoms with Crippen molar-refractivity contribution in [1.82, 2.24) is 4.31 Å². The SMILES string of the molecule is CCCOc1ccc(N2CCN(S(=O)(=O)c3ccc(N)cc3)CC2)cc1. The minimum atomic E-state index is -3.47. The smallest absolute Gasteiger partial charge is 0.243 e. The van der Waals surface area contributed by atoms with Gasteiger partial charge in [-0.05, 0) is 55.0 Å². The van der Waals surface area contributed by atoms with Gasteiger partial charge >= 0.3 is 0 Å². The molecule has 0 bridgehead atoms. The van der Waals surface area contributed by atoms with Crippen molar-refractivity contribution in [3.8, 4) is 5.75 Å². The second kappa shape index (κ2) is 7.97. The number of sulfonamides is 1. The largest absolute Gasteiger partial charge is 0.494 e. The highest BCUT2D eigenvalue weighted by Gasteiger charge is 2.28. The topological polar surface area (TPSA) is 75.9 Å². The molecule has 7 heteroatoms. The molecular weight excluding hydrogens is 350 g/mol. The molecule has 0 saturated carbocycles. The predicted octanol–water partition coefficient (Wildman–Crippen LogP) is 2.57. The number of benzene rings is 2. The number of anilines is 2. The summed E-state index contributed by atoms with van der Waals surface area (Å²) in [5.74, 6) is 0.861. The van der Waals surface area contributed by atoms with Gasteiger partial charge in [-0.15, -0.1) is 0 Å². The summed E-state index contributed by atoms with van der Waals surface area (Å²) in [5.41, 5.74) is 7.28. The number of rotatable bonds is 6. The molecule has 0 aliphatic carbocycles. The summed E-state index contributed by atoms with van der Waals surface area (Å²) in [7, 11) is -3.47. The highest BCUT2D eigenvalue weighted by atomic mass is 32.2. The number of nitrogens with zero attached hydrogens (tertiary/aromatic N) is 2. The Morgan fingerprint density at radius 2 is 1.58 bits per heavy atom. The number of nitrogens with two attached hydrogens (primary N) is 1. The Morgan fingerprint density at radius 1 is 0.962 bits per heavy atom. The molecule has 0 aromatic heterocycles. The van der Waals surface area contributed by atoms with E-state index in [4.69, 9.17) is 10.5 Å². The quantitative estimate of drug-likeness (QED) is 0.786. The Labute approximate surface area is 155 Å². The molecule has 2 aromatic rings. The van der Waals surface area contributed by atoms with Gasteiger partial charge in [-0.3, -0.25) is 0 Å². The van der Waals surface area contributed by atoms with Crippen LogP contribution in [0.25, 0.3) is 0 Å². The number of piperazine rings is 1. The second-order valence-corrected chi connectivity index (χ2v) is 8.24. The summed E-state index contributed by atoms with van der Waals surface area (Å²) in [6, 6.07) is 14.3. The van der Waals surface area contributed by atoms with E-state index in [0.29, 0.717) is 38.5 Å². The Balaban J connectivity index is 1.62. The minimum absolute atomic E-state index is 0.289. The van der Waals surface area contributed by atoms with Crippen molar-refractivity contribution in [1.29, 1.82) is 0 Å². The van der Waals surface area contributed by atoms with Crippen LogP contribution in [0, 0.1) is 0 Å². The van der Waals surface area contributed by atoms with Gasteiger partial charge in [0.05, 0.1) is 11.5 Å². The Kier molecular flexibility index (Phi) is 5.68. The molecule has 26 heavy (non-hydrogen) atoms. The Morgan fingerprint density at radius 3 is 2.15 bits per heavy atom. The van der Waals surface area contributed by atoms with Crippen LogP contribution < -0.4 is 15.4 Å². The molecule has 2 N–H and O–H groups in total. The van der Waals surface area contributed by atoms with Crippen molar-refractivity contribution in [2.45, 2.75) is 18.2 Å². The molecule has 0 radical (unpaired) electrons. The van der Waals surface area contributed by atoms with Crippen LogP contribution in [0.1, 0.15) is 13.3 Å². The lowest BCUT2D eigenvalue weighted by Crippen LogP contribution is -2.48. The van der Waals surface area contributed by atoms with E-state index in [1.807, 2.05) is 24.3 Å². The maximum Gasteiger partial charge on any atom is 0.243 e. The minimum Gasteiger partial charge on any atom is -0.494 e. The first-order chi connectivity index (χ1) is 12.5. The average molecular weight is 375 g/mol. The second-order valence-electron chi connectivity index (χ2n) is 6.30. The van der Waals surface area contributed by atoms with Gasteiger partial charge in [-0.25, -0.2) is 8.42 Å². The van der Waals surface area contributed by atoms with Gasteiger partial charge in [0, 0.05) is 37.6 Å². The normalized spacial score (nSPS) is 15.8. The van der Waals surface area contributed by atoms with Gasteiger partial charge in [0.25, 0.3) is 0 Å². The van der Waals surface area contributed by atoms with Crippen molar-refractivity contribution in [2.75, 3.05) is 43.4 Å². The summed E-state index contributed by atoms with van der Waals surface area (Å²) in [6.45, 7) is 5.02. The average Bonchev–Trinajstić information content (AvgIpc) is 2.67. The van der Waals surface area contributed by atoms with Crippen LogP contribution in [0.5, 0.6) is 5.75 Å². The maximum atomic E-state index is 12.7. The third kappa shape index (κ3) is 4.11. The molecule has 140 valence electrons. The zero-order chi connectivity index (χ0) is 18.6. The molecule has 1 aliphatic heterocycles. The van der Waals surface area contributed by atoms with Gasteiger partial charge in [0.2, 0.25) is 10.0 Å². The van der Waals surface area contributed by atoms with Crippen LogP contribution in [-0.2, 0) is 10.0 Å². The van der Waals surface area contributed by atoms with Crippen molar-refractivity contribution < 1.29 is 13.2 Å². The molecule has 1 heterocycles. The molecule has 6 nitrogen and oxygen atoms in total. The standard InChI is InChI=1S/C19H25N3O3S/c1-2-15-25-18-7-5-17(6-8-18)21-11-13-22(14-12-21)26(23,24)19-9-3-16(20)4-10-19/h3-10H,2,11-15,20H2,1H3. The van der Waals surface area contributed by atoms with Crippen LogP contribution in [0.15, 0.2) is 53.4 Å². The molecule has 1 aliphatic rings. The fourth-order valence-electron chi connectivity index (χ4n) is 2.95. The molecular formula is C19H25N3O3S. The number of nitrogen functional groups attached to an aromatic ring is 1. The lowest BCUT2D eigenvalue weighted by Gasteiger charge is -2.35. The van der Waals surface area contributed by atoms with Gasteiger partial charge in [0.15, 0.2) is 0 Å². The third-order valence-electron chi connectivity index (χ3n) is 4.43. The Bertz CT molecular complexity index is 812. The van der Waals surface area contributed by atoms with Crippen molar-refractivity contribution >= 4 is 21.4 Å². The number of hydrogen-bond donors (Lipinski definition) is 1. The fraction of sp³-hybridized carbons (Fsp3) is 0.368. The highest BCUT2D eigenvalue weighted by Crippen LogP contribution is 2.23. The van der Waals surface area contributed by atoms with Gasteiger partial charge in [0.1, 0.15) is 5.75 Å². The van der Waals surface area contributed by atoms with Crippen molar-refractivity contribution in [3.63, 3.8) is 0 Å². The molecule has 2 aromatic carbocycles. The van der Waals surface area contributed by atoms with E-state index in [0.717, 1.165) is 17.9 Å². The first-order valence-electron chi connectivity index (χ1n) is 8.84. The van der Waals surface area contributed by atoms with Gasteiger partial charge in [-0.1, -0.05) is 6.92 Å². The monoisotopic (exact) mass is 375 g/mol. The summed E-state index contributed by atoms with van der Waals surface area (Å²) in [6.07, 6.45) is 0.978. The van der Waals surface area contributed by atoms with Crippen LogP contribution in [0.4, 0.5) is 11.4 Å². The van der Waals surface area contributed by atoms with E-state index in [2.05, 4.69) is 11.8 Å². The van der Waals surface area contributed by atoms with Crippen molar-refractivity contribution in [3.05, 3.63) is 48.5 Å². The first kappa shape index (κ1) is 18.5. The fourth-order valence-corrected chi connectivity index (χ4v) is 4.37. The van der Waals surface area contributed by atoms with Gasteiger partial charge < -0.3 is 15.4 Å². The molecule has 0 atom stereocenters.